The highest BCUT2D eigenvalue weighted by molar-refractivity contribution is 8.26. The molecule has 0 aliphatic carbocycles. The summed E-state index contributed by atoms with van der Waals surface area (Å²) < 4.78 is 14.2. The maximum atomic E-state index is 12.1. The number of primary amides is 1. The Morgan fingerprint density at radius 1 is 0.805 bits per heavy atom. The van der Waals surface area contributed by atoms with Gasteiger partial charge in [0.1, 0.15) is 34.8 Å². The number of unbranched alkanes of at least 4 members (excludes halogenated alkanes) is 2. The zero-order valence-corrected chi connectivity index (χ0v) is 27.3. The number of amides is 1. The highest BCUT2D eigenvalue weighted by Gasteiger charge is 2.39. The summed E-state index contributed by atoms with van der Waals surface area (Å²) in [5.41, 5.74) is 5.53. The van der Waals surface area contributed by atoms with Gasteiger partial charge in [0.25, 0.3) is 5.91 Å². The highest BCUT2D eigenvalue weighted by Crippen LogP contribution is 2.68. The summed E-state index contributed by atoms with van der Waals surface area (Å²) in [4.78, 5) is 27.0. The molecular formula is C30H37N3O4S4. The van der Waals surface area contributed by atoms with Crippen LogP contribution >= 0.6 is 47.0 Å². The van der Waals surface area contributed by atoms with E-state index in [1.165, 1.54) is 47.0 Å². The van der Waals surface area contributed by atoms with Crippen LogP contribution in [0.1, 0.15) is 79.1 Å². The van der Waals surface area contributed by atoms with Crippen molar-refractivity contribution in [2.75, 3.05) is 13.2 Å². The van der Waals surface area contributed by atoms with E-state index in [0.29, 0.717) is 51.3 Å². The molecule has 0 spiro atoms. The van der Waals surface area contributed by atoms with E-state index >= 15 is 0 Å². The molecule has 0 bridgehead atoms. The number of carbonyl (C=O) groups excluding carboxylic acids is 2. The van der Waals surface area contributed by atoms with Gasteiger partial charge in [-0.05, 0) is 24.7 Å². The molecule has 2 aliphatic heterocycles. The minimum Gasteiger partial charge on any atom is -0.491 e. The van der Waals surface area contributed by atoms with Gasteiger partial charge >= 0.3 is 0 Å². The van der Waals surface area contributed by atoms with Crippen LogP contribution in [0.15, 0.2) is 39.2 Å². The molecule has 2 N–H and O–H groups in total. The smallest absolute Gasteiger partial charge is 0.261 e. The number of benzene rings is 1. The summed E-state index contributed by atoms with van der Waals surface area (Å²) in [6.07, 6.45) is 9.10. The predicted molar refractivity (Wildman–Crippen MR) is 168 cm³/mol. The van der Waals surface area contributed by atoms with Crippen LogP contribution in [0.25, 0.3) is 0 Å². The average Bonchev–Trinajstić information content (AvgIpc) is 3.60. The molecule has 0 radical (unpaired) electrons. The lowest BCUT2D eigenvalue weighted by atomic mass is 10.0. The van der Waals surface area contributed by atoms with Crippen molar-refractivity contribution < 1.29 is 19.1 Å². The second-order valence-electron chi connectivity index (χ2n) is 9.91. The summed E-state index contributed by atoms with van der Waals surface area (Å²) in [5, 5.41) is 19.3. The Bertz CT molecular complexity index is 1230. The van der Waals surface area contributed by atoms with E-state index in [0.717, 1.165) is 70.9 Å². The first-order valence-electron chi connectivity index (χ1n) is 14.1. The molecule has 0 fully saturated rings. The van der Waals surface area contributed by atoms with E-state index < -0.39 is 5.91 Å². The third-order valence-corrected chi connectivity index (χ3v) is 12.3. The van der Waals surface area contributed by atoms with E-state index in [4.69, 9.17) is 15.2 Å². The topological polar surface area (TPSA) is 126 Å². The Kier molecular flexibility index (Phi) is 13.4. The van der Waals surface area contributed by atoms with Crippen LogP contribution in [-0.2, 0) is 9.59 Å². The molecule has 11 heteroatoms. The number of nitriles is 2. The lowest BCUT2D eigenvalue weighted by molar-refractivity contribution is -0.114. The number of nitrogens with zero attached hydrogens (tertiary/aromatic N) is 2. The minimum absolute atomic E-state index is 0.0680. The number of allylic oxidation sites excluding steroid dienone is 1. The van der Waals surface area contributed by atoms with E-state index in [1.807, 2.05) is 12.1 Å². The monoisotopic (exact) mass is 631 g/mol. The van der Waals surface area contributed by atoms with E-state index in [1.54, 1.807) is 0 Å². The summed E-state index contributed by atoms with van der Waals surface area (Å²) in [7, 11) is 0. The molecular weight excluding hydrogens is 595 g/mol. The molecule has 7 nitrogen and oxygen atoms in total. The Hall–Kier alpha value is -2.18. The molecule has 41 heavy (non-hydrogen) atoms. The molecule has 3 rings (SSSR count). The van der Waals surface area contributed by atoms with Gasteiger partial charge in [-0.15, -0.1) is 0 Å². The fourth-order valence-electron chi connectivity index (χ4n) is 4.40. The zero-order valence-electron chi connectivity index (χ0n) is 24.0. The number of carbonyl (C=O) groups is 2. The molecule has 2 heterocycles. The van der Waals surface area contributed by atoms with Gasteiger partial charge in [-0.1, -0.05) is 113 Å². The molecule has 2 aliphatic rings. The van der Waals surface area contributed by atoms with Gasteiger partial charge in [-0.25, -0.2) is 0 Å². The summed E-state index contributed by atoms with van der Waals surface area (Å²) >= 11 is 5.28. The zero-order chi connectivity index (χ0) is 29.9. The van der Waals surface area contributed by atoms with Gasteiger partial charge in [-0.3, -0.25) is 9.59 Å². The Morgan fingerprint density at radius 2 is 1.24 bits per heavy atom. The number of ether oxygens (including phenoxy) is 2. The van der Waals surface area contributed by atoms with Crippen molar-refractivity contribution in [3.63, 3.8) is 0 Å². The number of aldehydes is 1. The van der Waals surface area contributed by atoms with Crippen LogP contribution in [0, 0.1) is 34.5 Å². The third-order valence-electron chi connectivity index (χ3n) is 7.05. The van der Waals surface area contributed by atoms with Gasteiger partial charge in [0, 0.05) is 0 Å². The van der Waals surface area contributed by atoms with Crippen molar-refractivity contribution >= 4 is 59.2 Å². The minimum atomic E-state index is -0.775. The molecule has 2 atom stereocenters. The van der Waals surface area contributed by atoms with Crippen molar-refractivity contribution in [1.29, 1.82) is 10.5 Å². The SMILES string of the molecule is CCCCC(CC)COc1c2c(c(OCC(CC)CCCC)c3c1SC(=C(C#N)C(N)=O)S3)SC(=C(C#N)C=O)S2. The van der Waals surface area contributed by atoms with Crippen molar-refractivity contribution in [1.82, 2.24) is 0 Å². The lowest BCUT2D eigenvalue weighted by Gasteiger charge is -2.22. The van der Waals surface area contributed by atoms with Crippen molar-refractivity contribution in [2.24, 2.45) is 17.6 Å². The van der Waals surface area contributed by atoms with E-state index in [9.17, 15) is 20.1 Å². The van der Waals surface area contributed by atoms with Gasteiger partial charge in [0.2, 0.25) is 0 Å². The largest absolute Gasteiger partial charge is 0.491 e. The summed E-state index contributed by atoms with van der Waals surface area (Å²) in [6.45, 7) is 9.69. The van der Waals surface area contributed by atoms with Gasteiger partial charge in [0.05, 0.1) is 41.3 Å². The molecule has 1 amide bonds. The Morgan fingerprint density at radius 3 is 1.56 bits per heavy atom. The Labute approximate surface area is 260 Å². The van der Waals surface area contributed by atoms with E-state index in [-0.39, 0.29) is 11.1 Å². The normalized spacial score (nSPS) is 14.9. The van der Waals surface area contributed by atoms with Crippen LogP contribution in [0.3, 0.4) is 0 Å². The second kappa shape index (κ2) is 16.5. The van der Waals surface area contributed by atoms with Crippen LogP contribution < -0.4 is 15.2 Å². The maximum Gasteiger partial charge on any atom is 0.261 e. The number of fused-ring (bicyclic) bond motifs is 2. The number of nitrogens with two attached hydrogens (primary N) is 1. The maximum absolute atomic E-state index is 12.1. The van der Waals surface area contributed by atoms with Gasteiger partial charge in [-0.2, -0.15) is 10.5 Å². The first kappa shape index (κ1) is 33.3. The van der Waals surface area contributed by atoms with Gasteiger partial charge < -0.3 is 15.2 Å². The van der Waals surface area contributed by atoms with Crippen LogP contribution in [0.4, 0.5) is 0 Å². The molecule has 0 aromatic heterocycles. The van der Waals surface area contributed by atoms with Crippen LogP contribution in [0.2, 0.25) is 0 Å². The predicted octanol–water partition coefficient (Wildman–Crippen LogP) is 8.43. The number of hydrogen-bond donors (Lipinski definition) is 1. The lowest BCUT2D eigenvalue weighted by Crippen LogP contribution is -2.14. The van der Waals surface area contributed by atoms with Crippen molar-refractivity contribution in [3.05, 3.63) is 19.6 Å². The molecule has 1 aromatic rings. The molecule has 1 aromatic carbocycles. The fourth-order valence-corrected chi connectivity index (χ4v) is 9.76. The number of hydrogen-bond acceptors (Lipinski definition) is 10. The molecule has 0 saturated carbocycles. The summed E-state index contributed by atoms with van der Waals surface area (Å²) in [6, 6.07) is 3.98. The average molecular weight is 632 g/mol. The number of thioether (sulfide) groups is 4. The fraction of sp³-hybridized carbons (Fsp3) is 0.533. The molecule has 220 valence electrons. The third kappa shape index (κ3) is 8.01. The van der Waals surface area contributed by atoms with Crippen molar-refractivity contribution in [2.45, 2.75) is 98.6 Å². The first-order valence-corrected chi connectivity index (χ1v) is 17.4. The van der Waals surface area contributed by atoms with Crippen LogP contribution in [-0.4, -0.2) is 25.4 Å². The van der Waals surface area contributed by atoms with Gasteiger partial charge in [0.15, 0.2) is 6.29 Å². The second-order valence-corrected chi connectivity index (χ2v) is 14.5. The van der Waals surface area contributed by atoms with Crippen molar-refractivity contribution in [3.8, 4) is 23.6 Å². The molecule has 2 unspecified atom stereocenters. The molecule has 0 saturated heterocycles. The van der Waals surface area contributed by atoms with Crippen LogP contribution in [0.5, 0.6) is 11.5 Å². The first-order chi connectivity index (χ1) is 19.9. The summed E-state index contributed by atoms with van der Waals surface area (Å²) in [5.74, 6) is 1.24. The Balaban J connectivity index is 2.17. The quantitative estimate of drug-likeness (QED) is 0.108. The highest BCUT2D eigenvalue weighted by atomic mass is 32.2. The van der Waals surface area contributed by atoms with E-state index in [2.05, 4.69) is 27.7 Å². The standard InChI is InChI=1S/C30H37N3O4S4/c1-5-9-11-18(7-3)16-36-22-24-25(39-29(38-24)20(13-31)15-34)23(37-17-19(8-4)12-10-6-2)27-26(22)40-30(41-27)21(14-32)28(33)35/h15,18-19H,5-12,16-17H2,1-4H3,(H2,33,35). The number of rotatable bonds is 16.